The van der Waals surface area contributed by atoms with E-state index in [0.29, 0.717) is 0 Å². The van der Waals surface area contributed by atoms with Crippen molar-refractivity contribution in [1.29, 1.82) is 0 Å². The van der Waals surface area contributed by atoms with Gasteiger partial charge in [-0.2, -0.15) is 0 Å². The van der Waals surface area contributed by atoms with Crippen LogP contribution in [-0.2, 0) is 13.0 Å². The minimum atomic E-state index is 0.855. The predicted molar refractivity (Wildman–Crippen MR) is 88.3 cm³/mol. The number of benzene rings is 2. The fourth-order valence-electron chi connectivity index (χ4n) is 2.33. The molecule has 0 saturated heterocycles. The Balaban J connectivity index is 2.13. The van der Waals surface area contributed by atoms with Crippen LogP contribution in [0.15, 0.2) is 49.1 Å². The van der Waals surface area contributed by atoms with Crippen molar-refractivity contribution in [1.82, 2.24) is 0 Å². The zero-order valence-corrected chi connectivity index (χ0v) is 12.7. The number of anilines is 1. The zero-order chi connectivity index (χ0) is 14.5. The average molecular weight is 265 g/mol. The van der Waals surface area contributed by atoms with Crippen molar-refractivity contribution in [2.75, 3.05) is 5.32 Å². The van der Waals surface area contributed by atoms with Gasteiger partial charge in [0, 0.05) is 12.2 Å². The van der Waals surface area contributed by atoms with E-state index in [2.05, 4.69) is 69.1 Å². The normalized spacial score (nSPS) is 10.3. The third-order valence-electron chi connectivity index (χ3n) is 3.68. The molecule has 0 unspecified atom stereocenters. The lowest BCUT2D eigenvalue weighted by Crippen LogP contribution is -2.03. The van der Waals surface area contributed by atoms with Crippen molar-refractivity contribution < 1.29 is 0 Å². The first kappa shape index (κ1) is 14.4. The Morgan fingerprint density at radius 1 is 1.00 bits per heavy atom. The molecular formula is C19H23N. The molecule has 2 rings (SSSR count). The summed E-state index contributed by atoms with van der Waals surface area (Å²) in [6.07, 6.45) is 2.85. The molecule has 0 saturated carbocycles. The van der Waals surface area contributed by atoms with E-state index < -0.39 is 0 Å². The number of allylic oxidation sites excluding steroid dienone is 1. The van der Waals surface area contributed by atoms with Gasteiger partial charge in [0.1, 0.15) is 0 Å². The van der Waals surface area contributed by atoms with E-state index in [1.807, 2.05) is 6.08 Å². The molecule has 0 heterocycles. The Labute approximate surface area is 122 Å². The van der Waals surface area contributed by atoms with Crippen LogP contribution in [0.1, 0.15) is 27.8 Å². The molecule has 0 amide bonds. The largest absolute Gasteiger partial charge is 0.381 e. The summed E-state index contributed by atoms with van der Waals surface area (Å²) in [5.74, 6) is 0. The molecule has 2 aromatic rings. The lowest BCUT2D eigenvalue weighted by atomic mass is 10.0. The SMILES string of the molecule is C=CCc1cc(C)ccc1NCc1ccc(C)c(C)c1. The zero-order valence-electron chi connectivity index (χ0n) is 12.7. The number of hydrogen-bond donors (Lipinski definition) is 1. The summed E-state index contributed by atoms with van der Waals surface area (Å²) in [6, 6.07) is 13.2. The van der Waals surface area contributed by atoms with Gasteiger partial charge in [-0.05, 0) is 55.5 Å². The average Bonchev–Trinajstić information content (AvgIpc) is 2.42. The van der Waals surface area contributed by atoms with Gasteiger partial charge in [-0.15, -0.1) is 6.58 Å². The maximum atomic E-state index is 3.84. The molecule has 0 bridgehead atoms. The molecule has 0 fully saturated rings. The van der Waals surface area contributed by atoms with Crippen LogP contribution < -0.4 is 5.32 Å². The van der Waals surface area contributed by atoms with Gasteiger partial charge in [0.25, 0.3) is 0 Å². The van der Waals surface area contributed by atoms with Crippen LogP contribution in [-0.4, -0.2) is 0 Å². The van der Waals surface area contributed by atoms with E-state index in [1.54, 1.807) is 0 Å². The summed E-state index contributed by atoms with van der Waals surface area (Å²) >= 11 is 0. The van der Waals surface area contributed by atoms with Crippen molar-refractivity contribution in [3.63, 3.8) is 0 Å². The van der Waals surface area contributed by atoms with Crippen molar-refractivity contribution in [3.8, 4) is 0 Å². The maximum Gasteiger partial charge on any atom is 0.0400 e. The molecule has 0 aromatic heterocycles. The lowest BCUT2D eigenvalue weighted by Gasteiger charge is -2.13. The van der Waals surface area contributed by atoms with Gasteiger partial charge < -0.3 is 5.32 Å². The van der Waals surface area contributed by atoms with Crippen LogP contribution in [0, 0.1) is 20.8 Å². The molecule has 104 valence electrons. The van der Waals surface area contributed by atoms with Crippen LogP contribution >= 0.6 is 0 Å². The van der Waals surface area contributed by atoms with E-state index in [-0.39, 0.29) is 0 Å². The Morgan fingerprint density at radius 3 is 2.50 bits per heavy atom. The van der Waals surface area contributed by atoms with Crippen LogP contribution in [0.5, 0.6) is 0 Å². The van der Waals surface area contributed by atoms with Gasteiger partial charge in [0.2, 0.25) is 0 Å². The van der Waals surface area contributed by atoms with Crippen molar-refractivity contribution in [2.45, 2.75) is 33.7 Å². The maximum absolute atomic E-state index is 3.84. The van der Waals surface area contributed by atoms with Gasteiger partial charge >= 0.3 is 0 Å². The highest BCUT2D eigenvalue weighted by molar-refractivity contribution is 5.53. The van der Waals surface area contributed by atoms with E-state index in [0.717, 1.165) is 13.0 Å². The Morgan fingerprint density at radius 2 is 1.80 bits per heavy atom. The van der Waals surface area contributed by atoms with Crippen LogP contribution in [0.2, 0.25) is 0 Å². The molecule has 0 spiro atoms. The quantitative estimate of drug-likeness (QED) is 0.754. The molecule has 20 heavy (non-hydrogen) atoms. The summed E-state index contributed by atoms with van der Waals surface area (Å²) in [6.45, 7) is 11.1. The molecule has 1 nitrogen and oxygen atoms in total. The van der Waals surface area contributed by atoms with Crippen molar-refractivity contribution in [2.24, 2.45) is 0 Å². The number of aryl methyl sites for hydroxylation is 3. The monoisotopic (exact) mass is 265 g/mol. The van der Waals surface area contributed by atoms with E-state index in [4.69, 9.17) is 0 Å². The number of rotatable bonds is 5. The Kier molecular flexibility index (Phi) is 4.62. The van der Waals surface area contributed by atoms with Gasteiger partial charge in [0.15, 0.2) is 0 Å². The summed E-state index contributed by atoms with van der Waals surface area (Å²) in [5, 5.41) is 3.54. The van der Waals surface area contributed by atoms with Gasteiger partial charge in [0.05, 0.1) is 0 Å². The van der Waals surface area contributed by atoms with E-state index in [1.165, 1.54) is 33.5 Å². The molecule has 0 aliphatic carbocycles. The first-order chi connectivity index (χ1) is 9.60. The summed E-state index contributed by atoms with van der Waals surface area (Å²) < 4.78 is 0. The molecular weight excluding hydrogens is 242 g/mol. The molecule has 0 radical (unpaired) electrons. The molecule has 0 aliphatic heterocycles. The Hall–Kier alpha value is -2.02. The van der Waals surface area contributed by atoms with Gasteiger partial charge in [-0.25, -0.2) is 0 Å². The predicted octanol–water partition coefficient (Wildman–Crippen LogP) is 4.95. The highest BCUT2D eigenvalue weighted by atomic mass is 14.9. The molecule has 1 N–H and O–H groups in total. The number of hydrogen-bond acceptors (Lipinski definition) is 1. The minimum absolute atomic E-state index is 0.855. The van der Waals surface area contributed by atoms with E-state index in [9.17, 15) is 0 Å². The molecule has 0 atom stereocenters. The van der Waals surface area contributed by atoms with Crippen LogP contribution in [0.4, 0.5) is 5.69 Å². The summed E-state index contributed by atoms with van der Waals surface area (Å²) in [4.78, 5) is 0. The third kappa shape index (κ3) is 3.51. The highest BCUT2D eigenvalue weighted by Gasteiger charge is 2.02. The van der Waals surface area contributed by atoms with E-state index >= 15 is 0 Å². The molecule has 2 aromatic carbocycles. The summed E-state index contributed by atoms with van der Waals surface area (Å²) in [5.41, 5.74) is 7.81. The minimum Gasteiger partial charge on any atom is -0.381 e. The highest BCUT2D eigenvalue weighted by Crippen LogP contribution is 2.20. The second-order valence-corrected chi connectivity index (χ2v) is 5.43. The standard InChI is InChI=1S/C19H23N/c1-5-6-18-11-14(2)7-10-19(18)20-13-17-9-8-15(3)16(4)12-17/h5,7-12,20H,1,6,13H2,2-4H3. The first-order valence-electron chi connectivity index (χ1n) is 7.10. The number of nitrogens with one attached hydrogen (secondary N) is 1. The Bertz CT molecular complexity index is 611. The molecule has 0 aliphatic rings. The lowest BCUT2D eigenvalue weighted by molar-refractivity contribution is 1.11. The first-order valence-corrected chi connectivity index (χ1v) is 7.10. The fourth-order valence-corrected chi connectivity index (χ4v) is 2.33. The summed E-state index contributed by atoms with van der Waals surface area (Å²) in [7, 11) is 0. The van der Waals surface area contributed by atoms with Crippen molar-refractivity contribution in [3.05, 3.63) is 76.9 Å². The third-order valence-corrected chi connectivity index (χ3v) is 3.68. The van der Waals surface area contributed by atoms with Crippen LogP contribution in [0.3, 0.4) is 0 Å². The van der Waals surface area contributed by atoms with Gasteiger partial charge in [-0.3, -0.25) is 0 Å². The smallest absolute Gasteiger partial charge is 0.0400 e. The van der Waals surface area contributed by atoms with Crippen molar-refractivity contribution >= 4 is 5.69 Å². The molecule has 1 heteroatoms. The second-order valence-electron chi connectivity index (χ2n) is 5.43. The van der Waals surface area contributed by atoms with Gasteiger partial charge in [-0.1, -0.05) is 42.0 Å². The topological polar surface area (TPSA) is 12.0 Å². The fraction of sp³-hybridized carbons (Fsp3) is 0.263. The second kappa shape index (κ2) is 6.42. The van der Waals surface area contributed by atoms with Crippen LogP contribution in [0.25, 0.3) is 0 Å².